The molecule has 1 heterocycles. The molecule has 1 rings (SSSR count). The maximum atomic E-state index is 5.88. The Bertz CT molecular complexity index is 259. The van der Waals surface area contributed by atoms with Crippen molar-refractivity contribution >= 4 is 8.32 Å². The van der Waals surface area contributed by atoms with Crippen LogP contribution in [0.25, 0.3) is 0 Å². The smallest absolute Gasteiger partial charge is 0.241 e. The number of hydrogen-bond acceptors (Lipinski definition) is 2. The van der Waals surface area contributed by atoms with Crippen LogP contribution in [0.5, 0.6) is 0 Å². The summed E-state index contributed by atoms with van der Waals surface area (Å²) in [5.74, 6) is 1.01. The Morgan fingerprint density at radius 3 is 2.27 bits per heavy atom. The van der Waals surface area contributed by atoms with E-state index in [2.05, 4.69) is 37.2 Å². The molecule has 1 aliphatic heterocycles. The van der Waals surface area contributed by atoms with Crippen LogP contribution in [0.3, 0.4) is 0 Å². The Balaban J connectivity index is 2.50. The highest BCUT2D eigenvalue weighted by molar-refractivity contribution is 6.70. The number of nitrogens with zero attached hydrogens (tertiary/aromatic N) is 1. The van der Waals surface area contributed by atoms with Crippen molar-refractivity contribution in [2.24, 2.45) is 0 Å². The van der Waals surface area contributed by atoms with Gasteiger partial charge in [-0.15, -0.1) is 0 Å². The average molecular weight is 225 g/mol. The quantitative estimate of drug-likeness (QED) is 0.413. The summed E-state index contributed by atoms with van der Waals surface area (Å²) in [5.41, 5.74) is 1.10. The number of hydrogen-bond donors (Lipinski definition) is 0. The fourth-order valence-corrected chi connectivity index (χ4v) is 2.87. The van der Waals surface area contributed by atoms with Gasteiger partial charge in [-0.05, 0) is 45.5 Å². The zero-order valence-corrected chi connectivity index (χ0v) is 11.5. The first-order chi connectivity index (χ1) is 6.88. The summed E-state index contributed by atoms with van der Waals surface area (Å²) in [6.45, 7) is 15.0. The summed E-state index contributed by atoms with van der Waals surface area (Å²) in [4.78, 5) is 2.33. The van der Waals surface area contributed by atoms with Crippen LogP contribution in [-0.4, -0.2) is 26.3 Å². The third-order valence-electron chi connectivity index (χ3n) is 2.35. The molecule has 0 saturated carbocycles. The van der Waals surface area contributed by atoms with Gasteiger partial charge >= 0.3 is 0 Å². The maximum absolute atomic E-state index is 5.88. The first kappa shape index (κ1) is 12.4. The zero-order chi connectivity index (χ0) is 11.5. The van der Waals surface area contributed by atoms with Crippen LogP contribution >= 0.6 is 0 Å². The van der Waals surface area contributed by atoms with E-state index < -0.39 is 8.32 Å². The zero-order valence-electron chi connectivity index (χ0n) is 10.5. The highest BCUT2D eigenvalue weighted by Crippen LogP contribution is 2.17. The molecule has 0 aromatic rings. The van der Waals surface area contributed by atoms with Crippen molar-refractivity contribution < 1.29 is 4.43 Å². The second kappa shape index (κ2) is 4.88. The molecule has 0 bridgehead atoms. The van der Waals surface area contributed by atoms with Gasteiger partial charge in [0.2, 0.25) is 8.32 Å². The molecule has 1 saturated heterocycles. The van der Waals surface area contributed by atoms with Gasteiger partial charge in [0, 0.05) is 18.8 Å². The summed E-state index contributed by atoms with van der Waals surface area (Å²) in [7, 11) is -1.45. The van der Waals surface area contributed by atoms with Crippen LogP contribution in [-0.2, 0) is 4.43 Å². The van der Waals surface area contributed by atoms with Gasteiger partial charge in [-0.25, -0.2) is 0 Å². The maximum Gasteiger partial charge on any atom is 0.241 e. The fraction of sp³-hybridized carbons (Fsp3) is 0.667. The molecule has 2 nitrogen and oxygen atoms in total. The minimum Gasteiger partial charge on any atom is -0.547 e. The van der Waals surface area contributed by atoms with Gasteiger partial charge in [0.1, 0.15) is 0 Å². The molecule has 0 aromatic heterocycles. The van der Waals surface area contributed by atoms with Crippen LogP contribution in [0.4, 0.5) is 0 Å². The largest absolute Gasteiger partial charge is 0.547 e. The van der Waals surface area contributed by atoms with E-state index in [0.29, 0.717) is 0 Å². The molecule has 0 aliphatic carbocycles. The van der Waals surface area contributed by atoms with E-state index in [9.17, 15) is 0 Å². The van der Waals surface area contributed by atoms with Crippen molar-refractivity contribution in [2.45, 2.75) is 39.4 Å². The third-order valence-corrected chi connectivity index (χ3v) is 3.28. The first-order valence-corrected chi connectivity index (χ1v) is 9.10. The molecule has 0 spiro atoms. The summed E-state index contributed by atoms with van der Waals surface area (Å²) in [6, 6.07) is 0. The van der Waals surface area contributed by atoms with Crippen molar-refractivity contribution in [1.29, 1.82) is 0 Å². The summed E-state index contributed by atoms with van der Waals surface area (Å²) >= 11 is 0. The third kappa shape index (κ3) is 4.56. The first-order valence-electron chi connectivity index (χ1n) is 5.70. The molecule has 3 heteroatoms. The Morgan fingerprint density at radius 1 is 1.27 bits per heavy atom. The average Bonchev–Trinajstić information content (AvgIpc) is 2.50. The van der Waals surface area contributed by atoms with Crippen molar-refractivity contribution in [3.05, 3.63) is 24.1 Å². The standard InChI is InChI=1S/C12H23NOSi/c1-11(13-8-6-7-9-13)10-12(2)14-15(3,4)5/h10H,1,6-9H2,2-5H3. The Hall–Kier alpha value is -0.703. The molecular formula is C12H23NOSi. The highest BCUT2D eigenvalue weighted by atomic mass is 28.4. The van der Waals surface area contributed by atoms with E-state index in [0.717, 1.165) is 24.5 Å². The molecule has 1 fully saturated rings. The van der Waals surface area contributed by atoms with Crippen LogP contribution in [0.1, 0.15) is 19.8 Å². The molecule has 0 unspecified atom stereocenters. The summed E-state index contributed by atoms with van der Waals surface area (Å²) in [5, 5.41) is 0. The molecule has 1 aliphatic rings. The molecule has 0 aromatic carbocycles. The lowest BCUT2D eigenvalue weighted by Crippen LogP contribution is -2.24. The number of rotatable bonds is 4. The van der Waals surface area contributed by atoms with E-state index in [1.807, 2.05) is 6.92 Å². The monoisotopic (exact) mass is 225 g/mol. The van der Waals surface area contributed by atoms with E-state index >= 15 is 0 Å². The van der Waals surface area contributed by atoms with Crippen molar-refractivity contribution in [3.8, 4) is 0 Å². The minimum atomic E-state index is -1.45. The van der Waals surface area contributed by atoms with Gasteiger partial charge in [-0.3, -0.25) is 0 Å². The SMILES string of the molecule is C=C(C=C(C)O[Si](C)(C)C)N1CCCC1. The number of likely N-dealkylation sites (tertiary alicyclic amines) is 1. The second-order valence-electron chi connectivity index (χ2n) is 5.15. The van der Waals surface area contributed by atoms with Crippen LogP contribution < -0.4 is 0 Å². The van der Waals surface area contributed by atoms with Gasteiger partial charge in [-0.2, -0.15) is 0 Å². The molecule has 86 valence electrons. The van der Waals surface area contributed by atoms with E-state index in [1.54, 1.807) is 0 Å². The van der Waals surface area contributed by atoms with Gasteiger partial charge < -0.3 is 9.33 Å². The van der Waals surface area contributed by atoms with Crippen LogP contribution in [0.15, 0.2) is 24.1 Å². The lowest BCUT2D eigenvalue weighted by Gasteiger charge is -2.22. The molecule has 0 radical (unpaired) electrons. The lowest BCUT2D eigenvalue weighted by atomic mass is 10.3. The van der Waals surface area contributed by atoms with Crippen molar-refractivity contribution in [2.75, 3.05) is 13.1 Å². The Labute approximate surface area is 94.7 Å². The lowest BCUT2D eigenvalue weighted by molar-refractivity contribution is 0.408. The van der Waals surface area contributed by atoms with E-state index in [4.69, 9.17) is 4.43 Å². The highest BCUT2D eigenvalue weighted by Gasteiger charge is 2.17. The Morgan fingerprint density at radius 2 is 1.80 bits per heavy atom. The molecule has 0 atom stereocenters. The molecular weight excluding hydrogens is 202 g/mol. The van der Waals surface area contributed by atoms with Gasteiger partial charge in [0.15, 0.2) is 0 Å². The molecule has 0 N–H and O–H groups in total. The molecule has 15 heavy (non-hydrogen) atoms. The summed E-state index contributed by atoms with van der Waals surface area (Å²) in [6.07, 6.45) is 4.66. The van der Waals surface area contributed by atoms with Crippen LogP contribution in [0.2, 0.25) is 19.6 Å². The Kier molecular flexibility index (Phi) is 4.02. The van der Waals surface area contributed by atoms with E-state index in [1.165, 1.54) is 12.8 Å². The number of allylic oxidation sites excluding steroid dienone is 2. The second-order valence-corrected chi connectivity index (χ2v) is 9.58. The van der Waals surface area contributed by atoms with Gasteiger partial charge in [0.05, 0.1) is 5.76 Å². The van der Waals surface area contributed by atoms with Gasteiger partial charge in [0.25, 0.3) is 0 Å². The van der Waals surface area contributed by atoms with Crippen molar-refractivity contribution in [3.63, 3.8) is 0 Å². The van der Waals surface area contributed by atoms with Crippen LogP contribution in [0, 0.1) is 0 Å². The predicted molar refractivity (Wildman–Crippen MR) is 68.1 cm³/mol. The van der Waals surface area contributed by atoms with Gasteiger partial charge in [-0.1, -0.05) is 6.58 Å². The minimum absolute atomic E-state index is 1.01. The normalized spacial score (nSPS) is 18.1. The fourth-order valence-electron chi connectivity index (χ4n) is 1.84. The summed E-state index contributed by atoms with van der Waals surface area (Å²) < 4.78 is 5.88. The molecule has 0 amide bonds. The van der Waals surface area contributed by atoms with E-state index in [-0.39, 0.29) is 0 Å². The topological polar surface area (TPSA) is 12.5 Å². The predicted octanol–water partition coefficient (Wildman–Crippen LogP) is 3.35. The van der Waals surface area contributed by atoms with Crippen molar-refractivity contribution in [1.82, 2.24) is 4.90 Å².